The van der Waals surface area contributed by atoms with E-state index in [9.17, 15) is 14.9 Å². The van der Waals surface area contributed by atoms with Crippen LogP contribution in [-0.4, -0.2) is 30.7 Å². The van der Waals surface area contributed by atoms with E-state index < -0.39 is 18.5 Å². The van der Waals surface area contributed by atoms with E-state index in [1.54, 1.807) is 6.07 Å². The third-order valence-electron chi connectivity index (χ3n) is 5.30. The number of carbonyl (C=O) groups excluding carboxylic acids is 2. The molecule has 0 radical (unpaired) electrons. The summed E-state index contributed by atoms with van der Waals surface area (Å²) in [7, 11) is 0. The van der Waals surface area contributed by atoms with Crippen molar-refractivity contribution in [3.05, 3.63) is 39.8 Å². The highest BCUT2D eigenvalue weighted by molar-refractivity contribution is 7.16. The van der Waals surface area contributed by atoms with Gasteiger partial charge in [-0.05, 0) is 51.2 Å². The minimum atomic E-state index is -0.656. The van der Waals surface area contributed by atoms with Gasteiger partial charge in [-0.2, -0.15) is 5.26 Å². The fourth-order valence-electron chi connectivity index (χ4n) is 3.96. The number of fused-ring (bicyclic) bond motifs is 2. The highest BCUT2D eigenvalue weighted by Gasteiger charge is 2.32. The normalized spacial score (nSPS) is 15.8. The summed E-state index contributed by atoms with van der Waals surface area (Å²) in [5, 5.41) is 12.7. The van der Waals surface area contributed by atoms with Crippen LogP contribution in [0, 0.1) is 11.3 Å². The highest BCUT2D eigenvalue weighted by Crippen LogP contribution is 2.41. The number of nitriles is 1. The topological polar surface area (TPSA) is 97.6 Å². The van der Waals surface area contributed by atoms with Crippen molar-refractivity contribution >= 4 is 28.2 Å². The Morgan fingerprint density at radius 2 is 2.06 bits per heavy atom. The molecule has 7 nitrogen and oxygen atoms in total. The number of ether oxygens (including phenoxy) is 3. The Balaban J connectivity index is 1.29. The van der Waals surface area contributed by atoms with Gasteiger partial charge in [0.2, 0.25) is 0 Å². The lowest BCUT2D eigenvalue weighted by atomic mass is 9.96. The molecule has 31 heavy (non-hydrogen) atoms. The molecule has 1 amide bonds. The number of hydrogen-bond acceptors (Lipinski definition) is 7. The van der Waals surface area contributed by atoms with Crippen LogP contribution in [-0.2, 0) is 33.6 Å². The van der Waals surface area contributed by atoms with E-state index in [0.29, 0.717) is 22.1 Å². The van der Waals surface area contributed by atoms with Crippen molar-refractivity contribution in [1.29, 1.82) is 5.26 Å². The van der Waals surface area contributed by atoms with Crippen LogP contribution >= 0.6 is 11.3 Å². The Labute approximate surface area is 184 Å². The molecule has 0 fully saturated rings. The second kappa shape index (κ2) is 8.60. The number of para-hydroxylation sites is 1. The second-order valence-corrected chi connectivity index (χ2v) is 9.41. The molecule has 1 aromatic carbocycles. The van der Waals surface area contributed by atoms with Gasteiger partial charge in [0.1, 0.15) is 16.7 Å². The van der Waals surface area contributed by atoms with E-state index >= 15 is 0 Å². The molecule has 2 aliphatic rings. The molecular weight excluding hydrogens is 416 g/mol. The summed E-state index contributed by atoms with van der Waals surface area (Å²) in [5.74, 6) is -0.0128. The van der Waals surface area contributed by atoms with Crippen molar-refractivity contribution in [3.63, 3.8) is 0 Å². The number of rotatable bonds is 6. The molecule has 1 N–H and O–H groups in total. The molecule has 2 heterocycles. The van der Waals surface area contributed by atoms with Crippen molar-refractivity contribution in [2.24, 2.45) is 0 Å². The van der Waals surface area contributed by atoms with Gasteiger partial charge in [-0.15, -0.1) is 11.3 Å². The standard InChI is InChI=1S/C23H24N2O5S/c1-23(2)10-14-6-5-8-17(21(14)30-23)28-13-20(27)29-12-19(26)25-22-16(11-24)15-7-3-4-9-18(15)31-22/h5-6,8H,3-4,7,9-10,12-13H2,1-2H3,(H,25,26). The maximum Gasteiger partial charge on any atom is 0.344 e. The predicted octanol–water partition coefficient (Wildman–Crippen LogP) is 3.77. The van der Waals surface area contributed by atoms with Crippen LogP contribution in [0.25, 0.3) is 0 Å². The number of aryl methyl sites for hydroxylation is 1. The van der Waals surface area contributed by atoms with Crippen LogP contribution in [0.15, 0.2) is 18.2 Å². The quantitative estimate of drug-likeness (QED) is 0.687. The van der Waals surface area contributed by atoms with Crippen molar-refractivity contribution in [1.82, 2.24) is 0 Å². The minimum absolute atomic E-state index is 0.316. The number of hydrogen-bond donors (Lipinski definition) is 1. The first-order chi connectivity index (χ1) is 14.9. The Hall–Kier alpha value is -3.05. The number of nitrogens with zero attached hydrogens (tertiary/aromatic N) is 1. The number of nitrogens with one attached hydrogen (secondary N) is 1. The first-order valence-electron chi connectivity index (χ1n) is 10.3. The first kappa shape index (κ1) is 21.2. The number of amides is 1. The number of carbonyl (C=O) groups is 2. The van der Waals surface area contributed by atoms with E-state index in [4.69, 9.17) is 14.2 Å². The van der Waals surface area contributed by atoms with E-state index in [1.807, 2.05) is 26.0 Å². The van der Waals surface area contributed by atoms with Crippen LogP contribution in [0.3, 0.4) is 0 Å². The zero-order chi connectivity index (χ0) is 22.0. The van der Waals surface area contributed by atoms with E-state index in [-0.39, 0.29) is 12.2 Å². The van der Waals surface area contributed by atoms with Gasteiger partial charge in [0, 0.05) is 16.9 Å². The third kappa shape index (κ3) is 4.67. The zero-order valence-electron chi connectivity index (χ0n) is 17.6. The third-order valence-corrected chi connectivity index (χ3v) is 6.51. The second-order valence-electron chi connectivity index (χ2n) is 8.31. The average Bonchev–Trinajstić information content (AvgIpc) is 3.25. The van der Waals surface area contributed by atoms with Gasteiger partial charge in [0.25, 0.3) is 5.91 Å². The number of thiophene rings is 1. The summed E-state index contributed by atoms with van der Waals surface area (Å²) < 4.78 is 16.5. The zero-order valence-corrected chi connectivity index (χ0v) is 18.4. The number of anilines is 1. The summed E-state index contributed by atoms with van der Waals surface area (Å²) in [4.78, 5) is 25.5. The largest absolute Gasteiger partial charge is 0.483 e. The molecule has 1 aliphatic heterocycles. The summed E-state index contributed by atoms with van der Waals surface area (Å²) >= 11 is 1.43. The Bertz CT molecular complexity index is 1070. The summed E-state index contributed by atoms with van der Waals surface area (Å²) in [5.41, 5.74) is 2.29. The monoisotopic (exact) mass is 440 g/mol. The molecule has 0 saturated heterocycles. The van der Waals surface area contributed by atoms with Gasteiger partial charge in [0.15, 0.2) is 24.7 Å². The van der Waals surface area contributed by atoms with Crippen LogP contribution in [0.2, 0.25) is 0 Å². The summed E-state index contributed by atoms with van der Waals surface area (Å²) in [6.07, 6.45) is 4.70. The lowest BCUT2D eigenvalue weighted by molar-refractivity contribution is -0.149. The molecule has 4 rings (SSSR count). The van der Waals surface area contributed by atoms with Gasteiger partial charge in [-0.25, -0.2) is 4.79 Å². The summed E-state index contributed by atoms with van der Waals surface area (Å²) in [6, 6.07) is 7.76. The van der Waals surface area contributed by atoms with Crippen molar-refractivity contribution < 1.29 is 23.8 Å². The molecule has 0 unspecified atom stereocenters. The van der Waals surface area contributed by atoms with Gasteiger partial charge in [0.05, 0.1) is 5.56 Å². The maximum atomic E-state index is 12.2. The fraction of sp³-hybridized carbons (Fsp3) is 0.435. The molecular formula is C23H24N2O5S. The number of benzene rings is 1. The molecule has 0 saturated carbocycles. The minimum Gasteiger partial charge on any atom is -0.483 e. The molecule has 1 aliphatic carbocycles. The Morgan fingerprint density at radius 1 is 1.26 bits per heavy atom. The number of esters is 1. The molecule has 2 aromatic rings. The summed E-state index contributed by atoms with van der Waals surface area (Å²) in [6.45, 7) is 3.22. The van der Waals surface area contributed by atoms with E-state index in [2.05, 4.69) is 11.4 Å². The van der Waals surface area contributed by atoms with Gasteiger partial charge < -0.3 is 19.5 Å². The lowest BCUT2D eigenvalue weighted by Crippen LogP contribution is -2.25. The lowest BCUT2D eigenvalue weighted by Gasteiger charge is -2.18. The van der Waals surface area contributed by atoms with Crippen LogP contribution in [0.4, 0.5) is 5.00 Å². The fourth-order valence-corrected chi connectivity index (χ4v) is 5.22. The SMILES string of the molecule is CC1(C)Cc2cccc(OCC(=O)OCC(=O)Nc3sc4c(c3C#N)CCCC4)c2O1. The van der Waals surface area contributed by atoms with Crippen molar-refractivity contribution in [2.75, 3.05) is 18.5 Å². The van der Waals surface area contributed by atoms with Crippen molar-refractivity contribution in [3.8, 4) is 17.6 Å². The Kier molecular flexibility index (Phi) is 5.88. The van der Waals surface area contributed by atoms with Crippen LogP contribution < -0.4 is 14.8 Å². The van der Waals surface area contributed by atoms with Gasteiger partial charge in [-0.3, -0.25) is 4.79 Å². The maximum absolute atomic E-state index is 12.2. The van der Waals surface area contributed by atoms with E-state index in [0.717, 1.165) is 48.1 Å². The van der Waals surface area contributed by atoms with Crippen LogP contribution in [0.5, 0.6) is 11.5 Å². The smallest absolute Gasteiger partial charge is 0.344 e. The molecule has 0 spiro atoms. The van der Waals surface area contributed by atoms with E-state index in [1.165, 1.54) is 11.3 Å². The van der Waals surface area contributed by atoms with Gasteiger partial charge in [-0.1, -0.05) is 12.1 Å². The average molecular weight is 441 g/mol. The first-order valence-corrected chi connectivity index (χ1v) is 11.1. The van der Waals surface area contributed by atoms with Crippen molar-refractivity contribution in [2.45, 2.75) is 51.6 Å². The highest BCUT2D eigenvalue weighted by atomic mass is 32.1. The van der Waals surface area contributed by atoms with Gasteiger partial charge >= 0.3 is 5.97 Å². The van der Waals surface area contributed by atoms with Crippen LogP contribution in [0.1, 0.15) is 48.3 Å². The molecule has 8 heteroatoms. The predicted molar refractivity (Wildman–Crippen MR) is 116 cm³/mol. The molecule has 162 valence electrons. The molecule has 0 atom stereocenters. The molecule has 0 bridgehead atoms. The Morgan fingerprint density at radius 3 is 2.87 bits per heavy atom. The molecule has 1 aromatic heterocycles.